The Balaban J connectivity index is 3.87. The van der Waals surface area contributed by atoms with Crippen molar-refractivity contribution < 1.29 is 47.8 Å². The van der Waals surface area contributed by atoms with Crippen LogP contribution in [0.3, 0.4) is 0 Å². The first kappa shape index (κ1) is 54.0. The number of ether oxygens (including phenoxy) is 1. The van der Waals surface area contributed by atoms with Crippen LogP contribution in [0.5, 0.6) is 0 Å². The number of allylic oxidation sites excluding steroid dienone is 4. The lowest BCUT2D eigenvalue weighted by atomic mass is 10.0. The minimum absolute atomic E-state index is 0.131. The second-order valence-corrected chi connectivity index (χ2v) is 16.7. The number of nitrogens with one attached hydrogen (secondary N) is 1. The molecule has 0 fully saturated rings. The SMILES string of the molecule is CCCC/C=C\C/C=C\CCCCCCCC(=O)NC(COP(=O)(O)OCC(O)COC(=O)CCCCCCCCCCCCCCCCCCCC)C(=O)O. The summed E-state index contributed by atoms with van der Waals surface area (Å²) in [5.74, 6) is -2.38. The lowest BCUT2D eigenvalue weighted by Gasteiger charge is -2.18. The molecule has 0 rings (SSSR count). The largest absolute Gasteiger partial charge is 0.480 e. The van der Waals surface area contributed by atoms with Crippen LogP contribution in [0.15, 0.2) is 24.3 Å². The minimum atomic E-state index is -4.76. The van der Waals surface area contributed by atoms with Gasteiger partial charge in [0.15, 0.2) is 6.04 Å². The van der Waals surface area contributed by atoms with Crippen molar-refractivity contribution >= 4 is 25.7 Å². The van der Waals surface area contributed by atoms with Crippen molar-refractivity contribution in [2.75, 3.05) is 19.8 Å². The number of aliphatic hydroxyl groups is 1. The summed E-state index contributed by atoms with van der Waals surface area (Å²) in [4.78, 5) is 45.9. The van der Waals surface area contributed by atoms with Crippen molar-refractivity contribution in [2.24, 2.45) is 0 Å². The molecule has 0 spiro atoms. The zero-order valence-electron chi connectivity index (χ0n) is 35.4. The molecule has 328 valence electrons. The van der Waals surface area contributed by atoms with Crippen LogP contribution in [0.25, 0.3) is 0 Å². The highest BCUT2D eigenvalue weighted by molar-refractivity contribution is 7.47. The third kappa shape index (κ3) is 38.8. The Bertz CT molecular complexity index is 1050. The molecule has 0 radical (unpaired) electrons. The van der Waals surface area contributed by atoms with E-state index in [1.54, 1.807) is 0 Å². The van der Waals surface area contributed by atoms with Gasteiger partial charge in [-0.15, -0.1) is 0 Å². The maximum absolute atomic E-state index is 12.3. The summed E-state index contributed by atoms with van der Waals surface area (Å²) in [6.07, 6.45) is 40.6. The van der Waals surface area contributed by atoms with Crippen LogP contribution in [0.1, 0.15) is 206 Å². The first-order valence-electron chi connectivity index (χ1n) is 22.4. The molecule has 0 bridgehead atoms. The molecule has 0 saturated carbocycles. The number of aliphatic hydroxyl groups excluding tert-OH is 1. The Labute approximate surface area is 340 Å². The molecular formula is C44H82NO10P. The number of amides is 1. The number of hydrogen-bond acceptors (Lipinski definition) is 8. The first-order chi connectivity index (χ1) is 27.1. The van der Waals surface area contributed by atoms with E-state index in [1.165, 1.54) is 103 Å². The van der Waals surface area contributed by atoms with Crippen LogP contribution in [-0.2, 0) is 32.7 Å². The summed E-state index contributed by atoms with van der Waals surface area (Å²) >= 11 is 0. The third-order valence-corrected chi connectivity index (χ3v) is 10.7. The number of phosphoric ester groups is 1. The van der Waals surface area contributed by atoms with Crippen LogP contribution >= 0.6 is 7.82 Å². The van der Waals surface area contributed by atoms with E-state index >= 15 is 0 Å². The summed E-state index contributed by atoms with van der Waals surface area (Å²) in [6, 6.07) is -1.55. The van der Waals surface area contributed by atoms with Gasteiger partial charge < -0.3 is 25.2 Å². The molecule has 0 aromatic carbocycles. The number of carbonyl (C=O) groups excluding carboxylic acids is 2. The van der Waals surface area contributed by atoms with Crippen molar-refractivity contribution in [3.05, 3.63) is 24.3 Å². The number of carboxylic acids is 1. The van der Waals surface area contributed by atoms with Crippen molar-refractivity contribution in [1.82, 2.24) is 5.32 Å². The van der Waals surface area contributed by atoms with Crippen LogP contribution in [0.2, 0.25) is 0 Å². The summed E-state index contributed by atoms with van der Waals surface area (Å²) < 4.78 is 26.8. The second kappa shape index (κ2) is 39.8. The molecule has 11 nitrogen and oxygen atoms in total. The van der Waals surface area contributed by atoms with E-state index in [2.05, 4.69) is 43.5 Å². The molecule has 0 aliphatic heterocycles. The monoisotopic (exact) mass is 816 g/mol. The topological polar surface area (TPSA) is 169 Å². The second-order valence-electron chi connectivity index (χ2n) is 15.2. The molecule has 56 heavy (non-hydrogen) atoms. The highest BCUT2D eigenvalue weighted by Gasteiger charge is 2.28. The lowest BCUT2D eigenvalue weighted by Crippen LogP contribution is -2.43. The van der Waals surface area contributed by atoms with Gasteiger partial charge in [0.2, 0.25) is 5.91 Å². The van der Waals surface area contributed by atoms with Gasteiger partial charge in [-0.05, 0) is 38.5 Å². The molecule has 0 aliphatic rings. The van der Waals surface area contributed by atoms with Gasteiger partial charge in [0.05, 0.1) is 13.2 Å². The lowest BCUT2D eigenvalue weighted by molar-refractivity contribution is -0.147. The molecular weight excluding hydrogens is 733 g/mol. The number of hydrogen-bond donors (Lipinski definition) is 4. The average Bonchev–Trinajstić information content (AvgIpc) is 3.17. The number of aliphatic carboxylic acids is 1. The quantitative estimate of drug-likeness (QED) is 0.0201. The highest BCUT2D eigenvalue weighted by Crippen LogP contribution is 2.43. The average molecular weight is 816 g/mol. The van der Waals surface area contributed by atoms with Crippen LogP contribution in [0, 0.1) is 0 Å². The molecule has 4 N–H and O–H groups in total. The molecule has 3 unspecified atom stereocenters. The van der Waals surface area contributed by atoms with Gasteiger partial charge in [-0.25, -0.2) is 9.36 Å². The van der Waals surface area contributed by atoms with Gasteiger partial charge in [0.25, 0.3) is 0 Å². The van der Waals surface area contributed by atoms with Gasteiger partial charge in [0.1, 0.15) is 12.7 Å². The normalized spacial score (nSPS) is 13.9. The Hall–Kier alpha value is -2.04. The molecule has 0 aromatic rings. The van der Waals surface area contributed by atoms with E-state index < -0.39 is 57.6 Å². The third-order valence-electron chi connectivity index (χ3n) is 9.74. The van der Waals surface area contributed by atoms with Crippen LogP contribution < -0.4 is 5.32 Å². The zero-order valence-corrected chi connectivity index (χ0v) is 36.3. The molecule has 3 atom stereocenters. The number of rotatable bonds is 42. The van der Waals surface area contributed by atoms with E-state index in [0.29, 0.717) is 12.8 Å². The maximum atomic E-state index is 12.3. The number of carboxylic acid groups (broad SMARTS) is 1. The fourth-order valence-electron chi connectivity index (χ4n) is 6.21. The van der Waals surface area contributed by atoms with Gasteiger partial charge >= 0.3 is 19.8 Å². The zero-order chi connectivity index (χ0) is 41.4. The molecule has 12 heteroatoms. The van der Waals surface area contributed by atoms with Gasteiger partial charge in [-0.2, -0.15) is 0 Å². The minimum Gasteiger partial charge on any atom is -0.480 e. The Morgan fingerprint density at radius 2 is 1.00 bits per heavy atom. The molecule has 0 heterocycles. The van der Waals surface area contributed by atoms with E-state index in [-0.39, 0.29) is 12.8 Å². The van der Waals surface area contributed by atoms with E-state index in [1.807, 2.05) is 0 Å². The van der Waals surface area contributed by atoms with E-state index in [4.69, 9.17) is 13.8 Å². The predicted octanol–water partition coefficient (Wildman–Crippen LogP) is 11.4. The summed E-state index contributed by atoms with van der Waals surface area (Å²) in [5, 5.41) is 21.8. The number of carbonyl (C=O) groups is 3. The maximum Gasteiger partial charge on any atom is 0.472 e. The van der Waals surface area contributed by atoms with Gasteiger partial charge in [0, 0.05) is 12.8 Å². The first-order valence-corrected chi connectivity index (χ1v) is 23.9. The Morgan fingerprint density at radius 1 is 0.571 bits per heavy atom. The van der Waals surface area contributed by atoms with Crippen molar-refractivity contribution in [3.8, 4) is 0 Å². The van der Waals surface area contributed by atoms with Gasteiger partial charge in [-0.1, -0.05) is 179 Å². The smallest absolute Gasteiger partial charge is 0.472 e. The summed E-state index contributed by atoms with van der Waals surface area (Å²) in [7, 11) is -4.76. The Kier molecular flexibility index (Phi) is 38.3. The Morgan fingerprint density at radius 3 is 1.50 bits per heavy atom. The fraction of sp³-hybridized carbons (Fsp3) is 0.841. The number of unbranched alkanes of at least 4 members (excludes halogenated alkanes) is 24. The van der Waals surface area contributed by atoms with Crippen molar-refractivity contribution in [3.63, 3.8) is 0 Å². The number of esters is 1. The van der Waals surface area contributed by atoms with Crippen molar-refractivity contribution in [1.29, 1.82) is 0 Å². The van der Waals surface area contributed by atoms with Crippen molar-refractivity contribution in [2.45, 2.75) is 219 Å². The molecule has 0 saturated heterocycles. The summed E-state index contributed by atoms with van der Waals surface area (Å²) in [6.45, 7) is 2.56. The molecule has 0 aromatic heterocycles. The molecule has 0 aliphatic carbocycles. The summed E-state index contributed by atoms with van der Waals surface area (Å²) in [5.41, 5.74) is 0. The van der Waals surface area contributed by atoms with Gasteiger partial charge in [-0.3, -0.25) is 18.6 Å². The van der Waals surface area contributed by atoms with Crippen LogP contribution in [-0.4, -0.2) is 64.9 Å². The van der Waals surface area contributed by atoms with E-state index in [0.717, 1.165) is 64.2 Å². The number of phosphoric acid groups is 1. The van der Waals surface area contributed by atoms with E-state index in [9.17, 15) is 34.1 Å². The predicted molar refractivity (Wildman–Crippen MR) is 226 cm³/mol. The fourth-order valence-corrected chi connectivity index (χ4v) is 6.99. The standard InChI is InChI=1S/C44H82NO10P/c1-3-5-7-9-11-13-15-17-19-20-21-22-24-26-28-30-32-34-36-43(48)53-37-40(46)38-54-56(51,52)55-39-41(44(49)50)45-42(47)35-33-31-29-27-25-23-18-16-14-12-10-8-6-4-2/h10,12,16,18,40-41,46H,3-9,11,13-15,17,19-39H2,1-2H3,(H,45,47)(H,49,50)(H,51,52)/b12-10-,18-16-. The highest BCUT2D eigenvalue weighted by atomic mass is 31.2. The molecule has 1 amide bonds. The van der Waals surface area contributed by atoms with Crippen LogP contribution in [0.4, 0.5) is 0 Å².